The zero-order valence-corrected chi connectivity index (χ0v) is 13.6. The largest absolute Gasteiger partial charge is 0.342 e. The van der Waals surface area contributed by atoms with Crippen LogP contribution in [0.5, 0.6) is 0 Å². The van der Waals surface area contributed by atoms with Crippen LogP contribution in [0.2, 0.25) is 0 Å². The van der Waals surface area contributed by atoms with Crippen LogP contribution in [-0.2, 0) is 9.59 Å². The molecule has 0 aromatic heterocycles. The molecule has 2 fully saturated rings. The third kappa shape index (κ3) is 4.72. The summed E-state index contributed by atoms with van der Waals surface area (Å²) >= 11 is 0. The Hall–Kier alpha value is -1.06. The molecule has 2 aliphatic rings. The SMILES string of the molecule is CC(C)CCCCN1CC(=O)NC(C2CCCCC2)C1=O. The molecular formula is C17H30N2O2. The molecule has 2 rings (SSSR count). The van der Waals surface area contributed by atoms with Crippen molar-refractivity contribution in [3.8, 4) is 0 Å². The van der Waals surface area contributed by atoms with E-state index in [4.69, 9.17) is 0 Å². The van der Waals surface area contributed by atoms with E-state index < -0.39 is 0 Å². The lowest BCUT2D eigenvalue weighted by atomic mass is 9.82. The topological polar surface area (TPSA) is 49.4 Å². The molecule has 4 nitrogen and oxygen atoms in total. The molecule has 120 valence electrons. The zero-order valence-electron chi connectivity index (χ0n) is 13.6. The number of hydrogen-bond acceptors (Lipinski definition) is 2. The normalized spacial score (nSPS) is 24.5. The van der Waals surface area contributed by atoms with Gasteiger partial charge in [0.1, 0.15) is 6.04 Å². The van der Waals surface area contributed by atoms with Crippen molar-refractivity contribution >= 4 is 11.8 Å². The fraction of sp³-hybridized carbons (Fsp3) is 0.882. The number of nitrogens with zero attached hydrogens (tertiary/aromatic N) is 1. The quantitative estimate of drug-likeness (QED) is 0.766. The van der Waals surface area contributed by atoms with E-state index >= 15 is 0 Å². The molecule has 0 aromatic rings. The van der Waals surface area contributed by atoms with Crippen molar-refractivity contribution < 1.29 is 9.59 Å². The maximum atomic E-state index is 12.6. The van der Waals surface area contributed by atoms with E-state index in [1.807, 2.05) is 0 Å². The number of carbonyl (C=O) groups excluding carboxylic acids is 2. The van der Waals surface area contributed by atoms with Crippen molar-refractivity contribution in [1.29, 1.82) is 0 Å². The highest BCUT2D eigenvalue weighted by Gasteiger charge is 2.37. The predicted molar refractivity (Wildman–Crippen MR) is 83.8 cm³/mol. The molecule has 1 saturated carbocycles. The van der Waals surface area contributed by atoms with Gasteiger partial charge in [-0.15, -0.1) is 0 Å². The Kier molecular flexibility index (Phi) is 6.07. The number of unbranched alkanes of at least 4 members (excludes halogenated alkanes) is 1. The van der Waals surface area contributed by atoms with Crippen LogP contribution in [0.15, 0.2) is 0 Å². The van der Waals surface area contributed by atoms with Crippen molar-refractivity contribution in [3.63, 3.8) is 0 Å². The number of carbonyl (C=O) groups is 2. The van der Waals surface area contributed by atoms with Crippen LogP contribution in [0.3, 0.4) is 0 Å². The van der Waals surface area contributed by atoms with Crippen LogP contribution in [0, 0.1) is 11.8 Å². The molecule has 0 spiro atoms. The van der Waals surface area contributed by atoms with Crippen LogP contribution in [-0.4, -0.2) is 35.8 Å². The number of nitrogens with one attached hydrogen (secondary N) is 1. The van der Waals surface area contributed by atoms with E-state index in [1.54, 1.807) is 4.90 Å². The summed E-state index contributed by atoms with van der Waals surface area (Å²) in [5.74, 6) is 1.24. The first-order valence-corrected chi connectivity index (χ1v) is 8.66. The van der Waals surface area contributed by atoms with Gasteiger partial charge in [0, 0.05) is 6.54 Å². The third-order valence-corrected chi connectivity index (χ3v) is 4.81. The molecule has 1 aliphatic heterocycles. The monoisotopic (exact) mass is 294 g/mol. The minimum absolute atomic E-state index is 0.0223. The van der Waals surface area contributed by atoms with Gasteiger partial charge >= 0.3 is 0 Å². The van der Waals surface area contributed by atoms with Gasteiger partial charge in [0.2, 0.25) is 11.8 Å². The second kappa shape index (κ2) is 7.81. The number of piperazine rings is 1. The van der Waals surface area contributed by atoms with E-state index in [9.17, 15) is 9.59 Å². The van der Waals surface area contributed by atoms with Gasteiger partial charge in [-0.2, -0.15) is 0 Å². The first kappa shape index (κ1) is 16.3. The summed E-state index contributed by atoms with van der Waals surface area (Å²) in [7, 11) is 0. The Morgan fingerprint density at radius 3 is 2.52 bits per heavy atom. The summed E-state index contributed by atoms with van der Waals surface area (Å²) in [6.45, 7) is 5.43. The molecule has 1 unspecified atom stereocenters. The summed E-state index contributed by atoms with van der Waals surface area (Å²) in [4.78, 5) is 26.3. The van der Waals surface area contributed by atoms with E-state index in [-0.39, 0.29) is 24.4 Å². The zero-order chi connectivity index (χ0) is 15.2. The first-order valence-electron chi connectivity index (χ1n) is 8.66. The van der Waals surface area contributed by atoms with Crippen molar-refractivity contribution in [2.24, 2.45) is 11.8 Å². The minimum atomic E-state index is -0.253. The third-order valence-electron chi connectivity index (χ3n) is 4.81. The van der Waals surface area contributed by atoms with Crippen LogP contribution in [0.4, 0.5) is 0 Å². The van der Waals surface area contributed by atoms with Gasteiger partial charge < -0.3 is 10.2 Å². The summed E-state index contributed by atoms with van der Waals surface area (Å²) in [5, 5.41) is 2.94. The van der Waals surface area contributed by atoms with Gasteiger partial charge in [0.25, 0.3) is 0 Å². The Balaban J connectivity index is 1.86. The highest BCUT2D eigenvalue weighted by Crippen LogP contribution is 2.28. The Bertz CT molecular complexity index is 362. The fourth-order valence-corrected chi connectivity index (χ4v) is 3.56. The molecule has 1 N–H and O–H groups in total. The Morgan fingerprint density at radius 2 is 1.86 bits per heavy atom. The van der Waals surface area contributed by atoms with Crippen LogP contribution >= 0.6 is 0 Å². The van der Waals surface area contributed by atoms with Crippen LogP contribution in [0.1, 0.15) is 65.2 Å². The molecule has 4 heteroatoms. The summed E-state index contributed by atoms with van der Waals surface area (Å²) in [5.41, 5.74) is 0. The van der Waals surface area contributed by atoms with Crippen molar-refractivity contribution in [3.05, 3.63) is 0 Å². The van der Waals surface area contributed by atoms with E-state index in [0.29, 0.717) is 11.8 Å². The average molecular weight is 294 g/mol. The fourth-order valence-electron chi connectivity index (χ4n) is 3.56. The Morgan fingerprint density at radius 1 is 1.14 bits per heavy atom. The molecule has 0 aromatic carbocycles. The van der Waals surface area contributed by atoms with Gasteiger partial charge in [-0.25, -0.2) is 0 Å². The van der Waals surface area contributed by atoms with Gasteiger partial charge in [0.15, 0.2) is 0 Å². The summed E-state index contributed by atoms with van der Waals surface area (Å²) in [6.07, 6.45) is 9.16. The highest BCUT2D eigenvalue weighted by atomic mass is 16.2. The summed E-state index contributed by atoms with van der Waals surface area (Å²) in [6, 6.07) is -0.253. The molecule has 1 atom stereocenters. The van der Waals surface area contributed by atoms with Crippen molar-refractivity contribution in [1.82, 2.24) is 10.2 Å². The van der Waals surface area contributed by atoms with Gasteiger partial charge in [-0.05, 0) is 31.1 Å². The molecular weight excluding hydrogens is 264 g/mol. The molecule has 1 heterocycles. The van der Waals surface area contributed by atoms with E-state index in [1.165, 1.54) is 25.7 Å². The minimum Gasteiger partial charge on any atom is -0.342 e. The van der Waals surface area contributed by atoms with Crippen LogP contribution < -0.4 is 5.32 Å². The number of amides is 2. The smallest absolute Gasteiger partial charge is 0.245 e. The van der Waals surface area contributed by atoms with E-state index in [2.05, 4.69) is 19.2 Å². The number of rotatable bonds is 6. The number of hydrogen-bond donors (Lipinski definition) is 1. The maximum absolute atomic E-state index is 12.6. The molecule has 2 amide bonds. The molecule has 0 radical (unpaired) electrons. The molecule has 21 heavy (non-hydrogen) atoms. The highest BCUT2D eigenvalue weighted by molar-refractivity contribution is 5.95. The van der Waals surface area contributed by atoms with Gasteiger partial charge in [0.05, 0.1) is 6.54 Å². The van der Waals surface area contributed by atoms with Gasteiger partial charge in [-0.3, -0.25) is 9.59 Å². The second-order valence-electron chi connectivity index (χ2n) is 7.09. The standard InChI is InChI=1S/C17H30N2O2/c1-13(2)8-6-7-11-19-12-15(20)18-16(17(19)21)14-9-4-3-5-10-14/h13-14,16H,3-12H2,1-2H3,(H,18,20). The lowest BCUT2D eigenvalue weighted by Gasteiger charge is -2.38. The average Bonchev–Trinajstić information content (AvgIpc) is 2.47. The van der Waals surface area contributed by atoms with Crippen molar-refractivity contribution in [2.75, 3.05) is 13.1 Å². The second-order valence-corrected chi connectivity index (χ2v) is 7.09. The van der Waals surface area contributed by atoms with Crippen molar-refractivity contribution in [2.45, 2.75) is 71.3 Å². The molecule has 0 bridgehead atoms. The Labute approximate surface area is 128 Å². The van der Waals surface area contributed by atoms with Crippen LogP contribution in [0.25, 0.3) is 0 Å². The lowest BCUT2D eigenvalue weighted by Crippen LogP contribution is -2.60. The first-order chi connectivity index (χ1) is 10.1. The lowest BCUT2D eigenvalue weighted by molar-refractivity contribution is -0.146. The van der Waals surface area contributed by atoms with Gasteiger partial charge in [-0.1, -0.05) is 46.0 Å². The molecule has 1 saturated heterocycles. The molecule has 1 aliphatic carbocycles. The predicted octanol–water partition coefficient (Wildman–Crippen LogP) is 2.72. The summed E-state index contributed by atoms with van der Waals surface area (Å²) < 4.78 is 0. The maximum Gasteiger partial charge on any atom is 0.245 e. The van der Waals surface area contributed by atoms with E-state index in [0.717, 1.165) is 32.2 Å².